The number of nitrogens with zero attached hydrogens (tertiary/aromatic N) is 2. The van der Waals surface area contributed by atoms with Gasteiger partial charge in [0.25, 0.3) is 0 Å². The first-order valence-corrected chi connectivity index (χ1v) is 9.04. The van der Waals surface area contributed by atoms with Crippen molar-refractivity contribution in [3.63, 3.8) is 0 Å². The third-order valence-corrected chi connectivity index (χ3v) is 4.47. The summed E-state index contributed by atoms with van der Waals surface area (Å²) in [6.45, 7) is 1.33. The number of aromatic nitrogens is 1. The topological polar surface area (TPSA) is 53.1 Å². The minimum Gasteiger partial charge on any atom is -0.497 e. The van der Waals surface area contributed by atoms with E-state index >= 15 is 0 Å². The summed E-state index contributed by atoms with van der Waals surface area (Å²) in [6, 6.07) is 13.6. The molecule has 6 nitrogen and oxygen atoms in total. The Balaban J connectivity index is 2.13. The highest BCUT2D eigenvalue weighted by Gasteiger charge is 2.15. The van der Waals surface area contributed by atoms with Gasteiger partial charge in [0.15, 0.2) is 0 Å². The monoisotopic (exact) mass is 382 g/mol. The molecule has 148 valence electrons. The van der Waals surface area contributed by atoms with Crippen LogP contribution in [0.2, 0.25) is 0 Å². The van der Waals surface area contributed by atoms with Gasteiger partial charge in [-0.15, -0.1) is 0 Å². The van der Waals surface area contributed by atoms with E-state index < -0.39 is 0 Å². The van der Waals surface area contributed by atoms with Gasteiger partial charge in [-0.1, -0.05) is 12.1 Å². The highest BCUT2D eigenvalue weighted by Crippen LogP contribution is 2.38. The molecule has 1 aromatic heterocycles. The molecule has 0 spiro atoms. The standard InChI is InChI=1S/C22H26N2O4/c1-24(2)10-11-28-22-18(15-6-8-16(25-3)9-7-15)14-19-20(23-22)12-17(26-4)13-21(19)27-5/h6-9,12-14H,10-11H2,1-5H3. The second kappa shape index (κ2) is 8.80. The van der Waals surface area contributed by atoms with E-state index in [9.17, 15) is 0 Å². The van der Waals surface area contributed by atoms with Gasteiger partial charge >= 0.3 is 0 Å². The van der Waals surface area contributed by atoms with Gasteiger partial charge in [0.2, 0.25) is 5.88 Å². The number of likely N-dealkylation sites (N-methyl/N-ethyl adjacent to an activating group) is 1. The van der Waals surface area contributed by atoms with Crippen LogP contribution < -0.4 is 18.9 Å². The summed E-state index contributed by atoms with van der Waals surface area (Å²) in [7, 11) is 8.94. The molecule has 0 aliphatic carbocycles. The van der Waals surface area contributed by atoms with Crippen molar-refractivity contribution in [2.45, 2.75) is 0 Å². The van der Waals surface area contributed by atoms with Crippen molar-refractivity contribution in [3.05, 3.63) is 42.5 Å². The van der Waals surface area contributed by atoms with Crippen LogP contribution in [-0.4, -0.2) is 58.5 Å². The van der Waals surface area contributed by atoms with Crippen LogP contribution in [0.3, 0.4) is 0 Å². The van der Waals surface area contributed by atoms with Gasteiger partial charge in [-0.05, 0) is 37.9 Å². The highest BCUT2D eigenvalue weighted by molar-refractivity contribution is 5.92. The Morgan fingerprint density at radius 3 is 2.18 bits per heavy atom. The van der Waals surface area contributed by atoms with Crippen LogP contribution in [0.4, 0.5) is 0 Å². The van der Waals surface area contributed by atoms with E-state index in [4.69, 9.17) is 23.9 Å². The third kappa shape index (κ3) is 4.28. The van der Waals surface area contributed by atoms with Crippen molar-refractivity contribution < 1.29 is 18.9 Å². The van der Waals surface area contributed by atoms with Crippen LogP contribution in [0.5, 0.6) is 23.1 Å². The summed E-state index contributed by atoms with van der Waals surface area (Å²) in [5.74, 6) is 2.77. The van der Waals surface area contributed by atoms with E-state index in [2.05, 4.69) is 4.90 Å². The maximum atomic E-state index is 6.05. The fourth-order valence-corrected chi connectivity index (χ4v) is 2.90. The fourth-order valence-electron chi connectivity index (χ4n) is 2.90. The third-order valence-electron chi connectivity index (χ3n) is 4.47. The van der Waals surface area contributed by atoms with Crippen LogP contribution in [0, 0.1) is 0 Å². The highest BCUT2D eigenvalue weighted by atomic mass is 16.5. The Morgan fingerprint density at radius 2 is 1.57 bits per heavy atom. The number of rotatable bonds is 8. The summed E-state index contributed by atoms with van der Waals surface area (Å²) in [4.78, 5) is 6.85. The number of methoxy groups -OCH3 is 3. The molecule has 0 N–H and O–H groups in total. The number of hydrogen-bond acceptors (Lipinski definition) is 6. The molecule has 0 fully saturated rings. The SMILES string of the molecule is COc1ccc(-c2cc3c(OC)cc(OC)cc3nc2OCCN(C)C)cc1. The minimum atomic E-state index is 0.537. The number of benzene rings is 2. The maximum absolute atomic E-state index is 6.05. The number of pyridine rings is 1. The molecule has 3 rings (SSSR count). The lowest BCUT2D eigenvalue weighted by atomic mass is 10.0. The molecule has 0 unspecified atom stereocenters. The van der Waals surface area contributed by atoms with E-state index in [0.717, 1.165) is 34.3 Å². The molecule has 0 amide bonds. The Hall–Kier alpha value is -2.99. The number of hydrogen-bond donors (Lipinski definition) is 0. The zero-order valence-electron chi connectivity index (χ0n) is 17.0. The Bertz CT molecular complexity index is 939. The lowest BCUT2D eigenvalue weighted by molar-refractivity contribution is 0.255. The molecule has 0 aliphatic heterocycles. The fraction of sp³-hybridized carbons (Fsp3) is 0.318. The summed E-state index contributed by atoms with van der Waals surface area (Å²) in [5.41, 5.74) is 2.65. The van der Waals surface area contributed by atoms with Crippen LogP contribution in [-0.2, 0) is 0 Å². The van der Waals surface area contributed by atoms with Crippen LogP contribution >= 0.6 is 0 Å². The summed E-state index contributed by atoms with van der Waals surface area (Å²) >= 11 is 0. The Kier molecular flexibility index (Phi) is 6.21. The van der Waals surface area contributed by atoms with Gasteiger partial charge < -0.3 is 23.8 Å². The van der Waals surface area contributed by atoms with Crippen LogP contribution in [0.25, 0.3) is 22.0 Å². The Labute approximate surface area is 165 Å². The smallest absolute Gasteiger partial charge is 0.221 e. The van der Waals surface area contributed by atoms with Crippen molar-refractivity contribution in [2.75, 3.05) is 48.6 Å². The van der Waals surface area contributed by atoms with E-state index in [1.54, 1.807) is 21.3 Å². The van der Waals surface area contributed by atoms with Crippen molar-refractivity contribution in [1.29, 1.82) is 0 Å². The van der Waals surface area contributed by atoms with Crippen LogP contribution in [0.1, 0.15) is 0 Å². The van der Waals surface area contributed by atoms with E-state index in [-0.39, 0.29) is 0 Å². The normalized spacial score (nSPS) is 10.9. The van der Waals surface area contributed by atoms with Gasteiger partial charge in [-0.2, -0.15) is 0 Å². The Morgan fingerprint density at radius 1 is 0.857 bits per heavy atom. The van der Waals surface area contributed by atoms with E-state index in [1.165, 1.54) is 0 Å². The summed E-state index contributed by atoms with van der Waals surface area (Å²) in [5, 5.41) is 0.897. The van der Waals surface area contributed by atoms with Gasteiger partial charge in [-0.25, -0.2) is 4.98 Å². The minimum absolute atomic E-state index is 0.537. The molecular weight excluding hydrogens is 356 g/mol. The average Bonchev–Trinajstić information content (AvgIpc) is 2.72. The molecule has 0 atom stereocenters. The summed E-state index contributed by atoms with van der Waals surface area (Å²) < 4.78 is 22.3. The largest absolute Gasteiger partial charge is 0.497 e. The van der Waals surface area contributed by atoms with E-state index in [1.807, 2.05) is 56.6 Å². The molecule has 6 heteroatoms. The van der Waals surface area contributed by atoms with Gasteiger partial charge in [0, 0.05) is 29.6 Å². The summed E-state index contributed by atoms with van der Waals surface area (Å²) in [6.07, 6.45) is 0. The van der Waals surface area contributed by atoms with Crippen molar-refractivity contribution >= 4 is 10.9 Å². The zero-order valence-corrected chi connectivity index (χ0v) is 17.0. The molecule has 0 aliphatic rings. The maximum Gasteiger partial charge on any atom is 0.221 e. The first-order chi connectivity index (χ1) is 13.5. The molecule has 3 aromatic rings. The van der Waals surface area contributed by atoms with E-state index in [0.29, 0.717) is 24.0 Å². The zero-order chi connectivity index (χ0) is 20.1. The molecular formula is C22H26N2O4. The van der Waals surface area contributed by atoms with Crippen molar-refractivity contribution in [1.82, 2.24) is 9.88 Å². The van der Waals surface area contributed by atoms with Gasteiger partial charge in [-0.3, -0.25) is 0 Å². The van der Waals surface area contributed by atoms with Gasteiger partial charge in [0.1, 0.15) is 23.9 Å². The first-order valence-electron chi connectivity index (χ1n) is 9.04. The molecule has 0 bridgehead atoms. The molecule has 0 saturated carbocycles. The first kappa shape index (κ1) is 19.8. The predicted molar refractivity (Wildman–Crippen MR) is 111 cm³/mol. The predicted octanol–water partition coefficient (Wildman–Crippen LogP) is 3.87. The molecule has 0 radical (unpaired) electrons. The molecule has 2 aromatic carbocycles. The van der Waals surface area contributed by atoms with Crippen molar-refractivity contribution in [2.24, 2.45) is 0 Å². The van der Waals surface area contributed by atoms with Gasteiger partial charge in [0.05, 0.1) is 26.8 Å². The lowest BCUT2D eigenvalue weighted by Gasteiger charge is -2.16. The van der Waals surface area contributed by atoms with Crippen molar-refractivity contribution in [3.8, 4) is 34.3 Å². The second-order valence-electron chi connectivity index (χ2n) is 6.62. The lowest BCUT2D eigenvalue weighted by Crippen LogP contribution is -2.19. The molecule has 1 heterocycles. The number of ether oxygens (including phenoxy) is 4. The molecule has 28 heavy (non-hydrogen) atoms. The second-order valence-corrected chi connectivity index (χ2v) is 6.62. The quantitative estimate of drug-likeness (QED) is 0.590. The average molecular weight is 382 g/mol. The number of fused-ring (bicyclic) bond motifs is 1. The van der Waals surface area contributed by atoms with Crippen LogP contribution in [0.15, 0.2) is 42.5 Å². The molecule has 0 saturated heterocycles.